The summed E-state index contributed by atoms with van der Waals surface area (Å²) in [7, 11) is 0. The number of hydrogen-bond donors (Lipinski definition) is 0. The zero-order chi connectivity index (χ0) is 22.9. The molecule has 1 aliphatic rings. The fraction of sp³-hybridized carbons (Fsp3) is 0.632. The number of halogens is 3. The third-order valence-corrected chi connectivity index (χ3v) is 5.15. The van der Waals surface area contributed by atoms with Gasteiger partial charge in [0, 0.05) is 42.5 Å². The van der Waals surface area contributed by atoms with E-state index in [4.69, 9.17) is 10.3 Å². The number of nitrogens with zero attached hydrogens (tertiary/aromatic N) is 5. The molecule has 7 nitrogen and oxygen atoms in total. The summed E-state index contributed by atoms with van der Waals surface area (Å²) >= 11 is 0. The first-order valence-corrected chi connectivity index (χ1v) is 9.86. The lowest BCUT2D eigenvalue weighted by molar-refractivity contribution is 0.0240. The van der Waals surface area contributed by atoms with E-state index < -0.39 is 25.0 Å². The number of hydrogen-bond acceptors (Lipinski definition) is 4. The summed E-state index contributed by atoms with van der Waals surface area (Å²) < 4.78 is 45.2. The number of ether oxygens (including phenoxy) is 1. The summed E-state index contributed by atoms with van der Waals surface area (Å²) in [6.45, 7) is 6.97. The predicted molar refractivity (Wildman–Crippen MR) is 112 cm³/mol. The van der Waals surface area contributed by atoms with Crippen LogP contribution >= 0.6 is 0 Å². The van der Waals surface area contributed by atoms with Crippen molar-refractivity contribution in [2.45, 2.75) is 53.5 Å². The van der Waals surface area contributed by atoms with Crippen LogP contribution in [-0.2, 0) is 11.1 Å². The normalized spacial score (nSPS) is 15.1. The minimum absolute atomic E-state index is 0.153. The molecular formula is C19H28BF3N5O2-. The molecule has 0 spiro atoms. The zero-order valence-electron chi connectivity index (χ0n) is 18.3. The highest BCUT2D eigenvalue weighted by Gasteiger charge is 2.31. The SMILES string of the molecule is Cc1c(C[B-](F)(F)F)c(C)c(N2CCN(C(=O)OC(C)(C)C)CC2)c(C)c1N=[N+]=[N-]. The van der Waals surface area contributed by atoms with Crippen molar-refractivity contribution in [1.29, 1.82) is 0 Å². The van der Waals surface area contributed by atoms with Gasteiger partial charge in [-0.3, -0.25) is 0 Å². The molecule has 1 aromatic rings. The fourth-order valence-electron chi connectivity index (χ4n) is 3.89. The van der Waals surface area contributed by atoms with Crippen molar-refractivity contribution in [3.05, 3.63) is 32.7 Å². The molecule has 0 N–H and O–H groups in total. The maximum atomic E-state index is 13.3. The Labute approximate surface area is 174 Å². The largest absolute Gasteiger partial charge is 0.482 e. The lowest BCUT2D eigenvalue weighted by Crippen LogP contribution is -2.50. The molecule has 1 aliphatic heterocycles. The molecule has 0 radical (unpaired) electrons. The molecule has 1 amide bonds. The molecule has 0 aliphatic carbocycles. The minimum Gasteiger partial charge on any atom is -0.449 e. The molecule has 30 heavy (non-hydrogen) atoms. The molecule has 0 unspecified atom stereocenters. The van der Waals surface area contributed by atoms with Gasteiger partial charge in [-0.1, -0.05) is 17.0 Å². The number of rotatable bonds is 4. The molecule has 0 atom stereocenters. The molecule has 1 saturated heterocycles. The molecule has 1 heterocycles. The minimum atomic E-state index is -5.05. The maximum absolute atomic E-state index is 13.3. The highest BCUT2D eigenvalue weighted by molar-refractivity contribution is 6.58. The van der Waals surface area contributed by atoms with E-state index in [1.807, 2.05) is 4.90 Å². The van der Waals surface area contributed by atoms with Crippen LogP contribution in [0.3, 0.4) is 0 Å². The Morgan fingerprint density at radius 1 is 1.10 bits per heavy atom. The number of benzene rings is 1. The lowest BCUT2D eigenvalue weighted by atomic mass is 9.77. The highest BCUT2D eigenvalue weighted by atomic mass is 19.4. The summed E-state index contributed by atoms with van der Waals surface area (Å²) in [5.74, 6) is 0. The zero-order valence-corrected chi connectivity index (χ0v) is 18.3. The monoisotopic (exact) mass is 426 g/mol. The van der Waals surface area contributed by atoms with Gasteiger partial charge in [0.15, 0.2) is 0 Å². The van der Waals surface area contributed by atoms with Crippen LogP contribution < -0.4 is 4.90 Å². The number of piperazine rings is 1. The van der Waals surface area contributed by atoms with Gasteiger partial charge in [-0.2, -0.15) is 0 Å². The summed E-state index contributed by atoms with van der Waals surface area (Å²) in [5.41, 5.74) is 10.9. The molecule has 166 valence electrons. The van der Waals surface area contributed by atoms with Crippen molar-refractivity contribution in [2.75, 3.05) is 31.1 Å². The maximum Gasteiger partial charge on any atom is 0.482 e. The Hall–Kier alpha value is -2.55. The standard InChI is InChI=1S/C19H28BF3N5O2/c1-12-15(11-20(21,22)23)13(2)17(14(3)16(12)25-26-24)27-7-9-28(10-8-27)18(29)30-19(4,5)6/h7-11H2,1-6H3/q-1. The number of carbonyl (C=O) groups excluding carboxylic acids is 1. The second-order valence-electron chi connectivity index (χ2n) is 8.61. The predicted octanol–water partition coefficient (Wildman–Crippen LogP) is 5.54. The van der Waals surface area contributed by atoms with Crippen molar-refractivity contribution < 1.29 is 22.5 Å². The van der Waals surface area contributed by atoms with E-state index in [0.29, 0.717) is 48.6 Å². The molecular weight excluding hydrogens is 398 g/mol. The van der Waals surface area contributed by atoms with Gasteiger partial charge in [0.25, 0.3) is 0 Å². The van der Waals surface area contributed by atoms with Crippen LogP contribution in [0, 0.1) is 20.8 Å². The van der Waals surface area contributed by atoms with Crippen LogP contribution in [0.25, 0.3) is 10.4 Å². The summed E-state index contributed by atoms with van der Waals surface area (Å²) in [5, 5.41) is 3.69. The van der Waals surface area contributed by atoms with Crippen LogP contribution in [0.2, 0.25) is 0 Å². The van der Waals surface area contributed by atoms with E-state index in [9.17, 15) is 17.7 Å². The van der Waals surface area contributed by atoms with Crippen molar-refractivity contribution in [2.24, 2.45) is 5.11 Å². The summed E-state index contributed by atoms with van der Waals surface area (Å²) in [4.78, 5) is 18.6. The molecule has 0 aromatic heterocycles. The first-order valence-electron chi connectivity index (χ1n) is 9.86. The number of anilines is 1. The Bertz CT molecular complexity index is 869. The van der Waals surface area contributed by atoms with E-state index in [1.54, 1.807) is 46.4 Å². The Kier molecular flexibility index (Phi) is 6.86. The average molecular weight is 426 g/mol. The number of azide groups is 1. The second kappa shape index (κ2) is 8.67. The van der Waals surface area contributed by atoms with Crippen LogP contribution in [0.1, 0.15) is 43.0 Å². The number of carbonyl (C=O) groups is 1. The van der Waals surface area contributed by atoms with Gasteiger partial charge >= 0.3 is 13.1 Å². The molecule has 1 aromatic carbocycles. The van der Waals surface area contributed by atoms with Crippen molar-refractivity contribution in [3.63, 3.8) is 0 Å². The van der Waals surface area contributed by atoms with Gasteiger partial charge in [0.05, 0.1) is 0 Å². The Morgan fingerprint density at radius 2 is 1.67 bits per heavy atom. The Balaban J connectivity index is 2.38. The third kappa shape index (κ3) is 5.53. The molecule has 0 saturated carbocycles. The van der Waals surface area contributed by atoms with Gasteiger partial charge in [-0.15, -0.1) is 0 Å². The molecule has 2 rings (SSSR count). The first kappa shape index (κ1) is 23.7. The smallest absolute Gasteiger partial charge is 0.449 e. The van der Waals surface area contributed by atoms with Crippen LogP contribution in [0.5, 0.6) is 0 Å². The van der Waals surface area contributed by atoms with Crippen molar-refractivity contribution >= 4 is 24.4 Å². The lowest BCUT2D eigenvalue weighted by Gasteiger charge is -2.39. The molecule has 0 bridgehead atoms. The average Bonchev–Trinajstić information content (AvgIpc) is 2.61. The van der Waals surface area contributed by atoms with E-state index in [0.717, 1.165) is 0 Å². The summed E-state index contributed by atoms with van der Waals surface area (Å²) in [6, 6.07) is 0. The summed E-state index contributed by atoms with van der Waals surface area (Å²) in [6.07, 6.45) is -1.44. The van der Waals surface area contributed by atoms with Crippen LogP contribution in [-0.4, -0.2) is 49.8 Å². The fourth-order valence-corrected chi connectivity index (χ4v) is 3.89. The quantitative estimate of drug-likeness (QED) is 0.274. The number of amides is 1. The van der Waals surface area contributed by atoms with Gasteiger partial charge in [-0.05, 0) is 63.8 Å². The molecule has 1 fully saturated rings. The van der Waals surface area contributed by atoms with E-state index in [2.05, 4.69) is 10.0 Å². The third-order valence-electron chi connectivity index (χ3n) is 5.15. The van der Waals surface area contributed by atoms with Crippen LogP contribution in [0.15, 0.2) is 5.11 Å². The Morgan fingerprint density at radius 3 is 2.13 bits per heavy atom. The van der Waals surface area contributed by atoms with E-state index in [-0.39, 0.29) is 11.3 Å². The highest BCUT2D eigenvalue weighted by Crippen LogP contribution is 2.40. The second-order valence-corrected chi connectivity index (χ2v) is 8.61. The van der Waals surface area contributed by atoms with Crippen molar-refractivity contribution in [3.8, 4) is 0 Å². The first-order chi connectivity index (χ1) is 13.7. The van der Waals surface area contributed by atoms with Crippen molar-refractivity contribution in [1.82, 2.24) is 4.90 Å². The van der Waals surface area contributed by atoms with Gasteiger partial charge in [0.1, 0.15) is 5.60 Å². The van der Waals surface area contributed by atoms with Gasteiger partial charge < -0.3 is 27.5 Å². The molecule has 11 heteroatoms. The van der Waals surface area contributed by atoms with Gasteiger partial charge in [0.2, 0.25) is 0 Å². The topological polar surface area (TPSA) is 81.5 Å². The van der Waals surface area contributed by atoms with Gasteiger partial charge in [-0.25, -0.2) is 4.79 Å². The van der Waals surface area contributed by atoms with Crippen LogP contribution in [0.4, 0.5) is 29.1 Å². The van der Waals surface area contributed by atoms with E-state index >= 15 is 0 Å². The van der Waals surface area contributed by atoms with E-state index in [1.165, 1.54) is 0 Å².